The first-order valence-electron chi connectivity index (χ1n) is 3.21. The second kappa shape index (κ2) is 5.72. The summed E-state index contributed by atoms with van der Waals surface area (Å²) in [6, 6.07) is 0. The third-order valence-electron chi connectivity index (χ3n) is 1.18. The van der Waals surface area contributed by atoms with Crippen LogP contribution < -0.4 is 0 Å². The molecule has 0 saturated carbocycles. The average molecular weight is 309 g/mol. The van der Waals surface area contributed by atoms with Crippen LogP contribution in [0.2, 0.25) is 0 Å². The highest BCUT2D eigenvalue weighted by Crippen LogP contribution is 2.75. The van der Waals surface area contributed by atoms with Gasteiger partial charge in [0.25, 0.3) is 0 Å². The zero-order valence-corrected chi connectivity index (χ0v) is 11.2. The first kappa shape index (κ1) is 14.7. The molecule has 3 nitrogen and oxygen atoms in total. The topological polar surface area (TPSA) is 57.5 Å². The van der Waals surface area contributed by atoms with Crippen molar-refractivity contribution in [2.75, 3.05) is 18.2 Å². The van der Waals surface area contributed by atoms with Gasteiger partial charge in [0.15, 0.2) is 5.12 Å². The summed E-state index contributed by atoms with van der Waals surface area (Å²) in [6.45, 7) is 0. The summed E-state index contributed by atoms with van der Waals surface area (Å²) in [6.07, 6.45) is -0.224. The molecule has 0 fully saturated rings. The molecule has 0 aliphatic carbocycles. The van der Waals surface area contributed by atoms with E-state index in [1.165, 1.54) is 0 Å². The van der Waals surface area contributed by atoms with Crippen LogP contribution in [0.5, 0.6) is 0 Å². The Morgan fingerprint density at radius 2 is 1.85 bits per heavy atom. The monoisotopic (exact) mass is 307 g/mol. The van der Waals surface area contributed by atoms with E-state index in [4.69, 9.17) is 55.5 Å². The molecule has 0 heterocycles. The highest BCUT2D eigenvalue weighted by molar-refractivity contribution is 8.18. The fourth-order valence-corrected chi connectivity index (χ4v) is 6.83. The molecule has 0 rings (SSSR count). The lowest BCUT2D eigenvalue weighted by atomic mass is 10.9. The molecule has 80 valence electrons. The van der Waals surface area contributed by atoms with Gasteiger partial charge in [0.1, 0.15) is 34.8 Å². The van der Waals surface area contributed by atoms with Crippen LogP contribution >= 0.6 is 59.2 Å². The molecule has 0 aliphatic heterocycles. The summed E-state index contributed by atoms with van der Waals surface area (Å²) in [5, 5.41) is -0.907. The van der Waals surface area contributed by atoms with Crippen LogP contribution in [-0.4, -0.2) is 33.1 Å². The normalized spacial score (nSPS) is 15.8. The van der Waals surface area contributed by atoms with Crippen LogP contribution in [0.15, 0.2) is 0 Å². The minimum atomic E-state index is -4.16. The van der Waals surface area contributed by atoms with Gasteiger partial charge in [0.2, 0.25) is 5.97 Å². The largest absolute Gasteiger partial charge is 0.330 e. The van der Waals surface area contributed by atoms with Gasteiger partial charge < -0.3 is 9.79 Å². The summed E-state index contributed by atoms with van der Waals surface area (Å²) >= 11 is 22.7. The zero-order chi connectivity index (χ0) is 10.7. The Hall–Kier alpha value is 1.74. The summed E-state index contributed by atoms with van der Waals surface area (Å²) in [4.78, 5) is 17.2. The van der Waals surface area contributed by atoms with Gasteiger partial charge in [-0.3, -0.25) is 4.57 Å². The SMILES string of the molecule is O=P(O)(O)CC(Cl)[P+](Cl)(Cl)CCCl. The number of rotatable bonds is 5. The van der Waals surface area contributed by atoms with E-state index < -0.39 is 24.8 Å². The van der Waals surface area contributed by atoms with Crippen molar-refractivity contribution in [2.45, 2.75) is 5.12 Å². The second-order valence-electron chi connectivity index (χ2n) is 2.38. The Labute approximate surface area is 96.8 Å². The molecule has 0 spiro atoms. The van der Waals surface area contributed by atoms with Gasteiger partial charge >= 0.3 is 7.60 Å². The molecule has 13 heavy (non-hydrogen) atoms. The smallest absolute Gasteiger partial charge is 0.324 e. The molecule has 0 aromatic rings. The minimum absolute atomic E-state index is 0.227. The van der Waals surface area contributed by atoms with Crippen LogP contribution in [0, 0.1) is 0 Å². The Morgan fingerprint density at radius 3 is 2.15 bits per heavy atom. The number of halogens is 4. The van der Waals surface area contributed by atoms with Crippen molar-refractivity contribution in [3.05, 3.63) is 0 Å². The second-order valence-corrected chi connectivity index (χ2v) is 11.8. The third kappa shape index (κ3) is 6.76. The van der Waals surface area contributed by atoms with Crippen LogP contribution in [0.1, 0.15) is 0 Å². The molecule has 0 radical (unpaired) electrons. The van der Waals surface area contributed by atoms with E-state index in [1.807, 2.05) is 0 Å². The van der Waals surface area contributed by atoms with Crippen molar-refractivity contribution in [3.63, 3.8) is 0 Å². The van der Waals surface area contributed by atoms with Gasteiger partial charge in [0, 0.05) is 0 Å². The highest BCUT2D eigenvalue weighted by atomic mass is 35.9. The number of hydrogen-bond acceptors (Lipinski definition) is 1. The molecule has 1 atom stereocenters. The van der Waals surface area contributed by atoms with Crippen molar-refractivity contribution >= 4 is 59.2 Å². The molecule has 0 saturated heterocycles. The Morgan fingerprint density at radius 1 is 1.38 bits per heavy atom. The average Bonchev–Trinajstić information content (AvgIpc) is 1.82. The molecular formula is C4H9Cl4O3P2+. The van der Waals surface area contributed by atoms with Gasteiger partial charge in [-0.25, -0.2) is 0 Å². The molecule has 1 unspecified atom stereocenters. The first-order chi connectivity index (χ1) is 5.69. The molecule has 0 aromatic carbocycles. The Kier molecular flexibility index (Phi) is 6.49. The predicted octanol–water partition coefficient (Wildman–Crippen LogP) is 3.29. The van der Waals surface area contributed by atoms with Gasteiger partial charge in [0.05, 0.1) is 5.88 Å². The van der Waals surface area contributed by atoms with Crippen LogP contribution in [0.4, 0.5) is 0 Å². The van der Waals surface area contributed by atoms with Crippen molar-refractivity contribution in [3.8, 4) is 0 Å². The maximum absolute atomic E-state index is 10.6. The van der Waals surface area contributed by atoms with E-state index >= 15 is 0 Å². The number of alkyl halides is 2. The van der Waals surface area contributed by atoms with Crippen molar-refractivity contribution in [1.29, 1.82) is 0 Å². The lowest BCUT2D eigenvalue weighted by molar-refractivity contribution is 0.374. The van der Waals surface area contributed by atoms with Crippen LogP contribution in [-0.2, 0) is 4.57 Å². The predicted molar refractivity (Wildman–Crippen MR) is 60.8 cm³/mol. The lowest BCUT2D eigenvalue weighted by Gasteiger charge is -2.15. The quantitative estimate of drug-likeness (QED) is 0.605. The molecule has 2 N–H and O–H groups in total. The van der Waals surface area contributed by atoms with E-state index in [-0.39, 0.29) is 12.0 Å². The molecule has 0 aromatic heterocycles. The Balaban J connectivity index is 4.24. The van der Waals surface area contributed by atoms with Gasteiger partial charge in [-0.15, -0.1) is 11.6 Å². The van der Waals surface area contributed by atoms with E-state index in [0.29, 0.717) is 0 Å². The van der Waals surface area contributed by atoms with E-state index in [2.05, 4.69) is 0 Å². The minimum Gasteiger partial charge on any atom is -0.324 e. The fraction of sp³-hybridized carbons (Fsp3) is 1.00. The van der Waals surface area contributed by atoms with Crippen molar-refractivity contribution < 1.29 is 14.4 Å². The molecule has 0 bridgehead atoms. The van der Waals surface area contributed by atoms with E-state index in [1.54, 1.807) is 0 Å². The standard InChI is InChI=1S/C4H8Cl4O3P2/c5-1-2-12(7,8)4(6)3-13(9,10)11/h4H,1-3H2,(H-,9,10,11)/p+1. The molecule has 0 aliphatic rings. The van der Waals surface area contributed by atoms with Gasteiger partial charge in [-0.2, -0.15) is 0 Å². The summed E-state index contributed by atoms with van der Waals surface area (Å²) in [5.41, 5.74) is 0. The highest BCUT2D eigenvalue weighted by Gasteiger charge is 2.46. The first-order valence-corrected chi connectivity index (χ1v) is 9.83. The molecule has 0 amide bonds. The molecule has 9 heteroatoms. The van der Waals surface area contributed by atoms with Crippen LogP contribution in [0.3, 0.4) is 0 Å². The lowest BCUT2D eigenvalue weighted by Crippen LogP contribution is -2.08. The molecular weight excluding hydrogens is 300 g/mol. The zero-order valence-electron chi connectivity index (χ0n) is 6.41. The van der Waals surface area contributed by atoms with Crippen LogP contribution in [0.25, 0.3) is 0 Å². The third-order valence-corrected chi connectivity index (χ3v) is 8.98. The van der Waals surface area contributed by atoms with E-state index in [0.717, 1.165) is 0 Å². The Bertz CT molecular complexity index is 206. The van der Waals surface area contributed by atoms with Gasteiger partial charge in [-0.1, -0.05) is 11.6 Å². The van der Waals surface area contributed by atoms with Crippen molar-refractivity contribution in [1.82, 2.24) is 0 Å². The maximum atomic E-state index is 10.6. The summed E-state index contributed by atoms with van der Waals surface area (Å²) < 4.78 is 10.6. The number of hydrogen-bond donors (Lipinski definition) is 2. The van der Waals surface area contributed by atoms with Crippen molar-refractivity contribution in [2.24, 2.45) is 0 Å². The summed E-state index contributed by atoms with van der Waals surface area (Å²) in [7, 11) is -4.16. The fourth-order valence-electron chi connectivity index (χ4n) is 0.568. The maximum Gasteiger partial charge on any atom is 0.330 e. The van der Waals surface area contributed by atoms with Gasteiger partial charge in [-0.05, 0) is 0 Å². The van der Waals surface area contributed by atoms with E-state index in [9.17, 15) is 4.57 Å². The summed E-state index contributed by atoms with van der Waals surface area (Å²) in [5.74, 6) is -2.32.